The van der Waals surface area contributed by atoms with Crippen molar-refractivity contribution < 1.29 is 19.1 Å². The molecule has 1 aromatic carbocycles. The number of fused-ring (bicyclic) bond motifs is 1. The largest absolute Gasteiger partial charge is 0.469 e. The third kappa shape index (κ3) is 4.56. The van der Waals surface area contributed by atoms with E-state index in [1.54, 1.807) is 12.4 Å². The molecule has 3 aromatic rings. The highest BCUT2D eigenvalue weighted by molar-refractivity contribution is 5.81. The summed E-state index contributed by atoms with van der Waals surface area (Å²) in [6.07, 6.45) is 8.80. The molecule has 2 saturated carbocycles. The highest BCUT2D eigenvalue weighted by Gasteiger charge is 2.54. The number of methoxy groups -OCH3 is 1. The summed E-state index contributed by atoms with van der Waals surface area (Å²) in [6, 6.07) is 6.37. The van der Waals surface area contributed by atoms with Crippen LogP contribution in [0.2, 0.25) is 0 Å². The molecular weight excluding hydrogens is 484 g/mol. The average Bonchev–Trinajstić information content (AvgIpc) is 3.43. The number of benzene rings is 1. The zero-order valence-corrected chi connectivity index (χ0v) is 22.4. The first-order chi connectivity index (χ1) is 18.1. The smallest absolute Gasteiger partial charge is 0.410 e. The number of hydrogen-bond acceptors (Lipinski definition) is 8. The SMILES string of the molecule is COC(=O)C1CC(n2cc(-c3cnc4ccc(N5CCN(C(=O)OC(C)(C)C)C6(CC6)C5)cc4n3)cn2)C1. The second kappa shape index (κ2) is 8.96. The molecule has 1 spiro atoms. The topological polar surface area (TPSA) is 103 Å². The molecule has 10 heteroatoms. The summed E-state index contributed by atoms with van der Waals surface area (Å²) in [7, 11) is 1.43. The third-order valence-electron chi connectivity index (χ3n) is 7.90. The number of piperazine rings is 1. The minimum Gasteiger partial charge on any atom is -0.469 e. The maximum Gasteiger partial charge on any atom is 0.410 e. The standard InChI is InChI=1S/C28H34N6O4/c1-27(2,3)38-26(36)33-10-9-32(17-28(33)7-8-28)20-5-6-22-23(13-20)31-24(15-29-22)19-14-30-34(16-19)21-11-18(12-21)25(35)37-4/h5-6,13-16,18,21H,7-12,17H2,1-4H3. The maximum absolute atomic E-state index is 12.8. The molecule has 3 aliphatic rings. The van der Waals surface area contributed by atoms with Crippen LogP contribution in [0.15, 0.2) is 36.8 Å². The Morgan fingerprint density at radius 2 is 1.87 bits per heavy atom. The van der Waals surface area contributed by atoms with Gasteiger partial charge in [-0.3, -0.25) is 19.4 Å². The first-order valence-electron chi connectivity index (χ1n) is 13.3. The quantitative estimate of drug-likeness (QED) is 0.474. The number of ether oxygens (including phenoxy) is 2. The van der Waals surface area contributed by atoms with Gasteiger partial charge in [-0.2, -0.15) is 5.10 Å². The van der Waals surface area contributed by atoms with Gasteiger partial charge < -0.3 is 14.4 Å². The fourth-order valence-corrected chi connectivity index (χ4v) is 5.54. The summed E-state index contributed by atoms with van der Waals surface area (Å²) in [4.78, 5) is 38.3. The van der Waals surface area contributed by atoms with Gasteiger partial charge in [-0.15, -0.1) is 0 Å². The van der Waals surface area contributed by atoms with E-state index in [-0.39, 0.29) is 29.6 Å². The van der Waals surface area contributed by atoms with E-state index in [9.17, 15) is 9.59 Å². The zero-order valence-electron chi connectivity index (χ0n) is 22.4. The van der Waals surface area contributed by atoms with Crippen molar-refractivity contribution >= 4 is 28.8 Å². The van der Waals surface area contributed by atoms with Gasteiger partial charge in [0.2, 0.25) is 0 Å². The molecule has 200 valence electrons. The van der Waals surface area contributed by atoms with Crippen molar-refractivity contribution in [2.45, 2.75) is 63.6 Å². The number of amides is 1. The molecule has 1 amide bonds. The number of anilines is 1. The van der Waals surface area contributed by atoms with Gasteiger partial charge in [0.1, 0.15) is 5.60 Å². The van der Waals surface area contributed by atoms with Gasteiger partial charge in [-0.05, 0) is 64.7 Å². The normalized spacial score (nSPS) is 22.3. The molecule has 3 heterocycles. The summed E-state index contributed by atoms with van der Waals surface area (Å²) in [5.74, 6) is -0.194. The van der Waals surface area contributed by atoms with E-state index in [0.717, 1.165) is 66.8 Å². The Hall–Kier alpha value is -3.69. The monoisotopic (exact) mass is 518 g/mol. The average molecular weight is 519 g/mol. The zero-order chi connectivity index (χ0) is 26.7. The number of rotatable bonds is 4. The Bertz CT molecular complexity index is 1390. The van der Waals surface area contributed by atoms with Gasteiger partial charge in [0.25, 0.3) is 0 Å². The van der Waals surface area contributed by atoms with E-state index in [4.69, 9.17) is 14.5 Å². The van der Waals surface area contributed by atoms with E-state index in [0.29, 0.717) is 6.54 Å². The lowest BCUT2D eigenvalue weighted by Gasteiger charge is -2.43. The number of nitrogens with zero attached hydrogens (tertiary/aromatic N) is 6. The fourth-order valence-electron chi connectivity index (χ4n) is 5.54. The number of esters is 1. The molecule has 0 bridgehead atoms. The van der Waals surface area contributed by atoms with Crippen molar-refractivity contribution in [3.05, 3.63) is 36.8 Å². The molecule has 2 aromatic heterocycles. The predicted octanol–water partition coefficient (Wildman–Crippen LogP) is 4.21. The van der Waals surface area contributed by atoms with Crippen LogP contribution >= 0.6 is 0 Å². The Morgan fingerprint density at radius 1 is 1.08 bits per heavy atom. The number of hydrogen-bond donors (Lipinski definition) is 0. The summed E-state index contributed by atoms with van der Waals surface area (Å²) in [5, 5.41) is 4.52. The van der Waals surface area contributed by atoms with E-state index < -0.39 is 5.60 Å². The van der Waals surface area contributed by atoms with Gasteiger partial charge in [-0.1, -0.05) is 0 Å². The van der Waals surface area contributed by atoms with Crippen LogP contribution in [-0.4, -0.2) is 74.6 Å². The highest BCUT2D eigenvalue weighted by Crippen LogP contribution is 2.46. The summed E-state index contributed by atoms with van der Waals surface area (Å²) >= 11 is 0. The van der Waals surface area contributed by atoms with Crippen molar-refractivity contribution in [1.29, 1.82) is 0 Å². The molecule has 38 heavy (non-hydrogen) atoms. The molecule has 0 unspecified atom stereocenters. The van der Waals surface area contributed by atoms with Crippen LogP contribution in [0.4, 0.5) is 10.5 Å². The first kappa shape index (κ1) is 24.6. The predicted molar refractivity (Wildman–Crippen MR) is 142 cm³/mol. The van der Waals surface area contributed by atoms with E-state index >= 15 is 0 Å². The van der Waals surface area contributed by atoms with Gasteiger partial charge in [-0.25, -0.2) is 9.78 Å². The summed E-state index contributed by atoms with van der Waals surface area (Å²) in [5.41, 5.74) is 3.75. The molecule has 3 fully saturated rings. The van der Waals surface area contributed by atoms with Gasteiger partial charge >= 0.3 is 12.1 Å². The van der Waals surface area contributed by atoms with Crippen LogP contribution in [-0.2, 0) is 14.3 Å². The van der Waals surface area contributed by atoms with Gasteiger partial charge in [0.15, 0.2) is 0 Å². The molecule has 6 rings (SSSR count). The Morgan fingerprint density at radius 3 is 2.58 bits per heavy atom. The number of aromatic nitrogens is 4. The van der Waals surface area contributed by atoms with Crippen molar-refractivity contribution in [2.24, 2.45) is 5.92 Å². The van der Waals surface area contributed by atoms with Crippen molar-refractivity contribution in [3.63, 3.8) is 0 Å². The van der Waals surface area contributed by atoms with Crippen LogP contribution in [0.25, 0.3) is 22.3 Å². The van der Waals surface area contributed by atoms with Crippen molar-refractivity contribution in [1.82, 2.24) is 24.6 Å². The molecule has 0 atom stereocenters. The fraction of sp³-hybridized carbons (Fsp3) is 0.536. The highest BCUT2D eigenvalue weighted by atomic mass is 16.6. The van der Waals surface area contributed by atoms with Crippen molar-refractivity contribution in [3.8, 4) is 11.3 Å². The molecule has 1 saturated heterocycles. The molecule has 1 aliphatic heterocycles. The minimum absolute atomic E-state index is 0.0442. The van der Waals surface area contributed by atoms with E-state index in [1.165, 1.54) is 7.11 Å². The van der Waals surface area contributed by atoms with Gasteiger partial charge in [0, 0.05) is 37.1 Å². The lowest BCUT2D eigenvalue weighted by molar-refractivity contribution is -0.149. The third-order valence-corrected chi connectivity index (χ3v) is 7.90. The first-order valence-corrected chi connectivity index (χ1v) is 13.3. The number of carbonyl (C=O) groups is 2. The van der Waals surface area contributed by atoms with Gasteiger partial charge in [0.05, 0.1) is 53.7 Å². The molecule has 10 nitrogen and oxygen atoms in total. The van der Waals surface area contributed by atoms with Crippen LogP contribution in [0, 0.1) is 5.92 Å². The summed E-state index contributed by atoms with van der Waals surface area (Å²) in [6.45, 7) is 7.87. The molecule has 2 aliphatic carbocycles. The van der Waals surface area contributed by atoms with Crippen LogP contribution in [0.1, 0.15) is 52.5 Å². The molecular formula is C28H34N6O4. The molecule has 0 radical (unpaired) electrons. The van der Waals surface area contributed by atoms with Crippen LogP contribution < -0.4 is 4.90 Å². The minimum atomic E-state index is -0.501. The van der Waals surface area contributed by atoms with E-state index in [1.807, 2.05) is 42.6 Å². The number of carbonyl (C=O) groups excluding carboxylic acids is 2. The Balaban J connectivity index is 1.17. The second-order valence-electron chi connectivity index (χ2n) is 11.8. The van der Waals surface area contributed by atoms with Crippen LogP contribution in [0.5, 0.6) is 0 Å². The Labute approximate surface area is 221 Å². The molecule has 0 N–H and O–H groups in total. The van der Waals surface area contributed by atoms with Crippen LogP contribution in [0.3, 0.4) is 0 Å². The van der Waals surface area contributed by atoms with Crippen molar-refractivity contribution in [2.75, 3.05) is 31.6 Å². The lowest BCUT2D eigenvalue weighted by Crippen LogP contribution is -2.58. The lowest BCUT2D eigenvalue weighted by atomic mass is 9.80. The maximum atomic E-state index is 12.8. The second-order valence-corrected chi connectivity index (χ2v) is 11.8. The van der Waals surface area contributed by atoms with E-state index in [2.05, 4.69) is 27.1 Å². The summed E-state index contributed by atoms with van der Waals surface area (Å²) < 4.78 is 12.4. The Kier molecular flexibility index (Phi) is 5.81.